The molecule has 7 nitrogen and oxygen atoms in total. The van der Waals surface area contributed by atoms with Crippen LogP contribution in [0.25, 0.3) is 11.4 Å². The summed E-state index contributed by atoms with van der Waals surface area (Å²) in [6.45, 7) is 0. The summed E-state index contributed by atoms with van der Waals surface area (Å²) in [6, 6.07) is 9.74. The quantitative estimate of drug-likeness (QED) is 0.578. The Morgan fingerprint density at radius 3 is 2.73 bits per heavy atom. The number of aromatic nitrogens is 6. The van der Waals surface area contributed by atoms with E-state index >= 15 is 0 Å². The van der Waals surface area contributed by atoms with Crippen molar-refractivity contribution in [2.45, 2.75) is 31.7 Å². The lowest BCUT2D eigenvalue weighted by Gasteiger charge is -2.07. The molecule has 0 spiro atoms. The molecule has 0 bridgehead atoms. The Morgan fingerprint density at radius 2 is 1.95 bits per heavy atom. The Morgan fingerprint density at radius 1 is 1.09 bits per heavy atom. The van der Waals surface area contributed by atoms with Crippen LogP contribution < -0.4 is 5.73 Å². The summed E-state index contributed by atoms with van der Waals surface area (Å²) in [5.74, 6) is 2.34. The zero-order valence-electron chi connectivity index (χ0n) is 12.2. The molecule has 2 aromatic heterocycles. The van der Waals surface area contributed by atoms with E-state index in [1.165, 1.54) is 6.33 Å². The first kappa shape index (κ1) is 14.4. The summed E-state index contributed by atoms with van der Waals surface area (Å²) >= 11 is 0. The monoisotopic (exact) mass is 297 g/mol. The van der Waals surface area contributed by atoms with Crippen LogP contribution in [0.2, 0.25) is 0 Å². The Labute approximate surface area is 128 Å². The van der Waals surface area contributed by atoms with Crippen LogP contribution >= 0.6 is 0 Å². The van der Waals surface area contributed by atoms with Gasteiger partial charge in [-0.2, -0.15) is 10.2 Å². The number of aryl methyl sites for hydroxylation is 1. The maximum absolute atomic E-state index is 6.18. The van der Waals surface area contributed by atoms with Crippen LogP contribution in [-0.4, -0.2) is 30.4 Å². The number of benzene rings is 1. The molecular weight excluding hydrogens is 278 g/mol. The molecule has 4 N–H and O–H groups in total. The van der Waals surface area contributed by atoms with Crippen molar-refractivity contribution in [2.24, 2.45) is 5.73 Å². The number of nitrogens with two attached hydrogens (primary N) is 1. The summed E-state index contributed by atoms with van der Waals surface area (Å²) in [6.07, 6.45) is 5.29. The molecule has 114 valence electrons. The molecule has 0 aliphatic heterocycles. The lowest BCUT2D eigenvalue weighted by atomic mass is 10.1. The topological polar surface area (TPSA) is 109 Å². The minimum atomic E-state index is -0.125. The lowest BCUT2D eigenvalue weighted by molar-refractivity contribution is 0.559. The predicted octanol–water partition coefficient (Wildman–Crippen LogP) is 2.00. The number of nitrogens with one attached hydrogen (secondary N) is 2. The molecule has 3 rings (SSSR count). The van der Waals surface area contributed by atoms with Crippen LogP contribution in [0, 0.1) is 0 Å². The van der Waals surface area contributed by atoms with E-state index in [1.54, 1.807) is 0 Å². The second kappa shape index (κ2) is 6.95. The maximum atomic E-state index is 6.18. The standard InChI is InChI=1S/C15H19N7/c16-12(8-4-5-9-13-17-10-18-20-13)15-19-14(21-22-15)11-6-2-1-3-7-11/h1-3,6-7,10,12H,4-5,8-9,16H2,(H,17,18,20)(H,19,21,22). The minimum absolute atomic E-state index is 0.125. The molecule has 7 heteroatoms. The SMILES string of the molecule is NC(CCCCc1ncn[nH]1)c1nc(-c2ccccc2)n[nH]1. The molecule has 3 aromatic rings. The molecule has 0 saturated carbocycles. The smallest absolute Gasteiger partial charge is 0.181 e. The van der Waals surface area contributed by atoms with Gasteiger partial charge in [0.15, 0.2) is 5.82 Å². The molecule has 2 heterocycles. The van der Waals surface area contributed by atoms with E-state index < -0.39 is 0 Å². The van der Waals surface area contributed by atoms with Gasteiger partial charge < -0.3 is 5.73 Å². The van der Waals surface area contributed by atoms with Gasteiger partial charge in [0.25, 0.3) is 0 Å². The fraction of sp³-hybridized carbons (Fsp3) is 0.333. The van der Waals surface area contributed by atoms with E-state index in [2.05, 4.69) is 30.4 Å². The maximum Gasteiger partial charge on any atom is 0.181 e. The van der Waals surface area contributed by atoms with E-state index in [1.807, 2.05) is 30.3 Å². The zero-order chi connectivity index (χ0) is 15.2. The van der Waals surface area contributed by atoms with Gasteiger partial charge in [-0.05, 0) is 12.8 Å². The molecule has 1 unspecified atom stereocenters. The molecule has 0 fully saturated rings. The van der Waals surface area contributed by atoms with Gasteiger partial charge >= 0.3 is 0 Å². The Balaban J connectivity index is 1.50. The summed E-state index contributed by atoms with van der Waals surface area (Å²) in [7, 11) is 0. The highest BCUT2D eigenvalue weighted by Crippen LogP contribution is 2.18. The molecule has 0 aliphatic carbocycles. The van der Waals surface area contributed by atoms with Gasteiger partial charge in [-0.25, -0.2) is 9.97 Å². The molecule has 0 aliphatic rings. The third-order valence-electron chi connectivity index (χ3n) is 3.53. The Bertz CT molecular complexity index is 675. The second-order valence-electron chi connectivity index (χ2n) is 5.19. The number of unbranched alkanes of at least 4 members (excludes halogenated alkanes) is 1. The summed E-state index contributed by atoms with van der Waals surface area (Å²) in [5, 5.41) is 13.9. The number of hydrogen-bond donors (Lipinski definition) is 3. The highest BCUT2D eigenvalue weighted by atomic mass is 15.2. The number of hydrogen-bond acceptors (Lipinski definition) is 5. The molecule has 0 radical (unpaired) electrons. The molecule has 1 aromatic carbocycles. The van der Waals surface area contributed by atoms with Crippen LogP contribution in [0.5, 0.6) is 0 Å². The average Bonchev–Trinajstić information content (AvgIpc) is 3.24. The minimum Gasteiger partial charge on any atom is -0.321 e. The summed E-state index contributed by atoms with van der Waals surface area (Å²) in [4.78, 5) is 8.59. The zero-order valence-corrected chi connectivity index (χ0v) is 12.2. The average molecular weight is 297 g/mol. The third kappa shape index (κ3) is 3.56. The van der Waals surface area contributed by atoms with Crippen molar-refractivity contribution in [3.05, 3.63) is 48.3 Å². The van der Waals surface area contributed by atoms with Gasteiger partial charge in [0.2, 0.25) is 0 Å². The number of nitrogens with zero attached hydrogens (tertiary/aromatic N) is 4. The van der Waals surface area contributed by atoms with Crippen molar-refractivity contribution in [3.8, 4) is 11.4 Å². The third-order valence-corrected chi connectivity index (χ3v) is 3.53. The first-order valence-electron chi connectivity index (χ1n) is 7.40. The number of H-pyrrole nitrogens is 2. The highest BCUT2D eigenvalue weighted by molar-refractivity contribution is 5.53. The first-order valence-corrected chi connectivity index (χ1v) is 7.40. The van der Waals surface area contributed by atoms with Crippen LogP contribution in [0.4, 0.5) is 0 Å². The van der Waals surface area contributed by atoms with Crippen molar-refractivity contribution in [3.63, 3.8) is 0 Å². The van der Waals surface area contributed by atoms with E-state index in [-0.39, 0.29) is 6.04 Å². The van der Waals surface area contributed by atoms with Gasteiger partial charge in [-0.1, -0.05) is 36.8 Å². The van der Waals surface area contributed by atoms with Crippen molar-refractivity contribution in [1.29, 1.82) is 0 Å². The van der Waals surface area contributed by atoms with Crippen molar-refractivity contribution >= 4 is 0 Å². The molecule has 0 saturated heterocycles. The van der Waals surface area contributed by atoms with Crippen LogP contribution in [0.3, 0.4) is 0 Å². The van der Waals surface area contributed by atoms with Crippen LogP contribution in [0.1, 0.15) is 37.0 Å². The van der Waals surface area contributed by atoms with Crippen molar-refractivity contribution < 1.29 is 0 Å². The number of aromatic amines is 2. The van der Waals surface area contributed by atoms with E-state index in [0.29, 0.717) is 5.82 Å². The van der Waals surface area contributed by atoms with Gasteiger partial charge in [0, 0.05) is 12.0 Å². The van der Waals surface area contributed by atoms with Gasteiger partial charge in [0.05, 0.1) is 6.04 Å². The lowest BCUT2D eigenvalue weighted by Crippen LogP contribution is -2.12. The molecule has 1 atom stereocenters. The largest absolute Gasteiger partial charge is 0.321 e. The van der Waals surface area contributed by atoms with Crippen molar-refractivity contribution in [2.75, 3.05) is 0 Å². The fourth-order valence-corrected chi connectivity index (χ4v) is 2.30. The van der Waals surface area contributed by atoms with Crippen LogP contribution in [0.15, 0.2) is 36.7 Å². The highest BCUT2D eigenvalue weighted by Gasteiger charge is 2.12. The second-order valence-corrected chi connectivity index (χ2v) is 5.19. The van der Waals surface area contributed by atoms with E-state index in [9.17, 15) is 0 Å². The first-order chi connectivity index (χ1) is 10.8. The van der Waals surface area contributed by atoms with E-state index in [4.69, 9.17) is 5.73 Å². The Kier molecular flexibility index (Phi) is 4.55. The fourth-order valence-electron chi connectivity index (χ4n) is 2.30. The van der Waals surface area contributed by atoms with Gasteiger partial charge in [-0.3, -0.25) is 10.2 Å². The number of rotatable bonds is 7. The van der Waals surface area contributed by atoms with Gasteiger partial charge in [0.1, 0.15) is 18.0 Å². The summed E-state index contributed by atoms with van der Waals surface area (Å²) in [5.41, 5.74) is 7.16. The van der Waals surface area contributed by atoms with Crippen LogP contribution in [-0.2, 0) is 6.42 Å². The molecule has 22 heavy (non-hydrogen) atoms. The molecular formula is C15H19N7. The predicted molar refractivity (Wildman–Crippen MR) is 82.7 cm³/mol. The molecule has 0 amide bonds. The summed E-state index contributed by atoms with van der Waals surface area (Å²) < 4.78 is 0. The Hall–Kier alpha value is -2.54. The van der Waals surface area contributed by atoms with Crippen molar-refractivity contribution in [1.82, 2.24) is 30.4 Å². The van der Waals surface area contributed by atoms with E-state index in [0.717, 1.165) is 42.9 Å². The normalized spacial score (nSPS) is 12.4. The van der Waals surface area contributed by atoms with Gasteiger partial charge in [-0.15, -0.1) is 0 Å².